The highest BCUT2D eigenvalue weighted by atomic mass is 16.5. The smallest absolute Gasteiger partial charge is 0.213 e. The van der Waals surface area contributed by atoms with Gasteiger partial charge in [0.2, 0.25) is 5.88 Å². The van der Waals surface area contributed by atoms with Gasteiger partial charge in [-0.15, -0.1) is 0 Å². The highest BCUT2D eigenvalue weighted by molar-refractivity contribution is 5.83. The molecule has 0 aliphatic carbocycles. The number of fused-ring (bicyclic) bond motifs is 1. The summed E-state index contributed by atoms with van der Waals surface area (Å²) in [6.07, 6.45) is 3.04. The average molecular weight is 291 g/mol. The Kier molecular flexibility index (Phi) is 3.79. The van der Waals surface area contributed by atoms with Crippen molar-refractivity contribution < 1.29 is 4.74 Å². The van der Waals surface area contributed by atoms with E-state index in [0.29, 0.717) is 18.2 Å². The molecule has 2 heterocycles. The molecule has 108 valence electrons. The van der Waals surface area contributed by atoms with Crippen molar-refractivity contribution in [2.24, 2.45) is 0 Å². The zero-order chi connectivity index (χ0) is 15.4. The summed E-state index contributed by atoms with van der Waals surface area (Å²) in [5.74, 6) is 1.01. The Morgan fingerprint density at radius 2 is 2.05 bits per heavy atom. The van der Waals surface area contributed by atoms with E-state index in [2.05, 4.69) is 20.3 Å². The maximum absolute atomic E-state index is 9.05. The molecule has 0 aliphatic rings. The van der Waals surface area contributed by atoms with Crippen molar-refractivity contribution in [3.63, 3.8) is 0 Å². The lowest BCUT2D eigenvalue weighted by Gasteiger charge is -2.10. The van der Waals surface area contributed by atoms with Gasteiger partial charge in [0.05, 0.1) is 12.6 Å². The van der Waals surface area contributed by atoms with E-state index in [1.807, 2.05) is 36.4 Å². The van der Waals surface area contributed by atoms with E-state index in [0.717, 1.165) is 16.5 Å². The minimum atomic E-state index is 0.271. The van der Waals surface area contributed by atoms with Crippen LogP contribution in [0.4, 0.5) is 5.82 Å². The topological polar surface area (TPSA) is 83.7 Å². The minimum Gasteiger partial charge on any atom is -0.481 e. The third-order valence-electron chi connectivity index (χ3n) is 3.24. The number of nitrogens with one attached hydrogen (secondary N) is 1. The summed E-state index contributed by atoms with van der Waals surface area (Å²) in [6.45, 7) is 0.493. The molecule has 0 saturated heterocycles. The van der Waals surface area contributed by atoms with Crippen molar-refractivity contribution in [3.8, 4) is 11.9 Å². The molecule has 0 aliphatic heterocycles. The number of aromatic nitrogens is 3. The molecule has 22 heavy (non-hydrogen) atoms. The highest BCUT2D eigenvalue weighted by Crippen LogP contribution is 2.22. The van der Waals surface area contributed by atoms with Crippen LogP contribution in [0.15, 0.2) is 42.7 Å². The lowest BCUT2D eigenvalue weighted by Crippen LogP contribution is -2.05. The zero-order valence-corrected chi connectivity index (χ0v) is 11.9. The van der Waals surface area contributed by atoms with E-state index in [4.69, 9.17) is 10.00 Å². The molecule has 0 bridgehead atoms. The van der Waals surface area contributed by atoms with Gasteiger partial charge in [0.25, 0.3) is 0 Å². The average Bonchev–Trinajstić information content (AvgIpc) is 2.59. The van der Waals surface area contributed by atoms with Gasteiger partial charge in [0, 0.05) is 30.4 Å². The molecule has 0 spiro atoms. The number of nitrogens with zero attached hydrogens (tertiary/aromatic N) is 4. The van der Waals surface area contributed by atoms with Crippen LogP contribution < -0.4 is 10.1 Å². The normalized spacial score (nSPS) is 10.2. The van der Waals surface area contributed by atoms with Gasteiger partial charge in [0.1, 0.15) is 6.07 Å². The molecule has 0 unspecified atom stereocenters. The molecule has 0 amide bonds. The Bertz CT molecular complexity index is 857. The summed E-state index contributed by atoms with van der Waals surface area (Å²) in [5, 5.41) is 13.2. The highest BCUT2D eigenvalue weighted by Gasteiger charge is 2.08. The van der Waals surface area contributed by atoms with Gasteiger partial charge in [0.15, 0.2) is 11.5 Å². The van der Waals surface area contributed by atoms with Crippen LogP contribution in [0.25, 0.3) is 10.9 Å². The van der Waals surface area contributed by atoms with Crippen LogP contribution in [0.1, 0.15) is 11.3 Å². The molecular weight excluding hydrogens is 278 g/mol. The Labute approximate surface area is 127 Å². The van der Waals surface area contributed by atoms with Crippen molar-refractivity contribution in [1.82, 2.24) is 15.0 Å². The van der Waals surface area contributed by atoms with Crippen molar-refractivity contribution in [2.45, 2.75) is 6.54 Å². The molecule has 0 fully saturated rings. The summed E-state index contributed by atoms with van der Waals surface area (Å²) in [4.78, 5) is 12.5. The molecule has 1 aromatic carbocycles. The number of nitriles is 1. The van der Waals surface area contributed by atoms with E-state index in [-0.39, 0.29) is 5.69 Å². The Morgan fingerprint density at radius 3 is 2.86 bits per heavy atom. The second-order valence-electron chi connectivity index (χ2n) is 4.56. The van der Waals surface area contributed by atoms with Gasteiger partial charge in [-0.25, -0.2) is 15.0 Å². The number of rotatable bonds is 4. The summed E-state index contributed by atoms with van der Waals surface area (Å²) >= 11 is 0. The predicted octanol–water partition coefficient (Wildman–Crippen LogP) is 2.52. The molecule has 0 atom stereocenters. The van der Waals surface area contributed by atoms with Crippen molar-refractivity contribution in [2.75, 3.05) is 12.4 Å². The van der Waals surface area contributed by atoms with Gasteiger partial charge < -0.3 is 10.1 Å². The summed E-state index contributed by atoms with van der Waals surface area (Å²) in [7, 11) is 1.59. The van der Waals surface area contributed by atoms with Crippen LogP contribution >= 0.6 is 0 Å². The second kappa shape index (κ2) is 6.06. The van der Waals surface area contributed by atoms with E-state index < -0.39 is 0 Å². The molecule has 0 saturated carbocycles. The van der Waals surface area contributed by atoms with Gasteiger partial charge in [-0.1, -0.05) is 18.2 Å². The quantitative estimate of drug-likeness (QED) is 0.795. The number of pyridine rings is 1. The van der Waals surface area contributed by atoms with Crippen molar-refractivity contribution in [3.05, 3.63) is 54.0 Å². The van der Waals surface area contributed by atoms with Crippen molar-refractivity contribution >= 4 is 16.7 Å². The summed E-state index contributed by atoms with van der Waals surface area (Å²) in [6, 6.07) is 11.7. The molecule has 0 radical (unpaired) electrons. The number of ether oxygens (including phenoxy) is 1. The third-order valence-corrected chi connectivity index (χ3v) is 3.24. The van der Waals surface area contributed by atoms with E-state index >= 15 is 0 Å². The van der Waals surface area contributed by atoms with Crippen LogP contribution in [-0.4, -0.2) is 22.1 Å². The maximum atomic E-state index is 9.05. The Balaban J connectivity index is 1.95. The molecule has 1 N–H and O–H groups in total. The molecule has 3 aromatic rings. The number of hydrogen-bond donors (Lipinski definition) is 1. The van der Waals surface area contributed by atoms with E-state index in [1.165, 1.54) is 6.20 Å². The zero-order valence-electron chi connectivity index (χ0n) is 11.9. The lowest BCUT2D eigenvalue weighted by molar-refractivity contribution is 0.399. The Morgan fingerprint density at radius 1 is 1.23 bits per heavy atom. The number of methoxy groups -OCH3 is 1. The van der Waals surface area contributed by atoms with Gasteiger partial charge in [-0.3, -0.25) is 0 Å². The first-order valence-electron chi connectivity index (χ1n) is 6.69. The molecule has 6 nitrogen and oxygen atoms in total. The molecule has 6 heteroatoms. The van der Waals surface area contributed by atoms with Gasteiger partial charge in [-0.2, -0.15) is 5.26 Å². The van der Waals surface area contributed by atoms with Crippen LogP contribution in [0.2, 0.25) is 0 Å². The van der Waals surface area contributed by atoms with Crippen LogP contribution in [0.3, 0.4) is 0 Å². The van der Waals surface area contributed by atoms with Crippen LogP contribution in [0.5, 0.6) is 5.88 Å². The van der Waals surface area contributed by atoms with Gasteiger partial charge in [-0.05, 0) is 11.6 Å². The first-order chi connectivity index (χ1) is 10.8. The maximum Gasteiger partial charge on any atom is 0.213 e. The predicted molar refractivity (Wildman–Crippen MR) is 82.4 cm³/mol. The Hall–Kier alpha value is -3.20. The molecule has 2 aromatic heterocycles. The van der Waals surface area contributed by atoms with Crippen molar-refractivity contribution in [1.29, 1.82) is 5.26 Å². The fourth-order valence-corrected chi connectivity index (χ4v) is 2.20. The van der Waals surface area contributed by atoms with Crippen LogP contribution in [-0.2, 0) is 6.54 Å². The monoisotopic (exact) mass is 291 g/mol. The van der Waals surface area contributed by atoms with E-state index in [9.17, 15) is 0 Å². The number of benzene rings is 1. The van der Waals surface area contributed by atoms with Gasteiger partial charge >= 0.3 is 0 Å². The lowest BCUT2D eigenvalue weighted by atomic mass is 10.1. The van der Waals surface area contributed by atoms with E-state index in [1.54, 1.807) is 13.3 Å². The largest absolute Gasteiger partial charge is 0.481 e. The minimum absolute atomic E-state index is 0.271. The number of para-hydroxylation sites is 1. The fraction of sp³-hybridized carbons (Fsp3) is 0.125. The standard InChI is InChI=1S/C16H13N5O/c1-22-15-8-11(12-4-2-3-5-13(12)21-15)10-20-16-14(9-17)18-6-7-19-16/h2-8H,10H2,1H3,(H,19,20). The second-order valence-corrected chi connectivity index (χ2v) is 4.56. The fourth-order valence-electron chi connectivity index (χ4n) is 2.20. The number of hydrogen-bond acceptors (Lipinski definition) is 6. The summed E-state index contributed by atoms with van der Waals surface area (Å²) in [5.41, 5.74) is 2.14. The SMILES string of the molecule is COc1cc(CNc2nccnc2C#N)c2ccccc2n1. The molecule has 3 rings (SSSR count). The molecular formula is C16H13N5O. The number of anilines is 1. The first-order valence-corrected chi connectivity index (χ1v) is 6.69. The third kappa shape index (κ3) is 2.65. The summed E-state index contributed by atoms with van der Waals surface area (Å²) < 4.78 is 5.24. The first kappa shape index (κ1) is 13.8. The van der Waals surface area contributed by atoms with Crippen LogP contribution in [0, 0.1) is 11.3 Å².